The highest BCUT2D eigenvalue weighted by atomic mass is 32.2. The summed E-state index contributed by atoms with van der Waals surface area (Å²) in [6, 6.07) is 2.30. The Kier molecular flexibility index (Phi) is 4.77. The first kappa shape index (κ1) is 11.9. The second kappa shape index (κ2) is 5.63. The highest BCUT2D eigenvalue weighted by molar-refractivity contribution is 7.99. The van der Waals surface area contributed by atoms with E-state index in [1.54, 1.807) is 0 Å². The van der Waals surface area contributed by atoms with E-state index in [0.29, 0.717) is 5.92 Å². The van der Waals surface area contributed by atoms with E-state index < -0.39 is 5.54 Å². The van der Waals surface area contributed by atoms with Gasteiger partial charge in [-0.15, -0.1) is 0 Å². The average molecular weight is 212 g/mol. The molecule has 0 amide bonds. The van der Waals surface area contributed by atoms with Crippen LogP contribution in [-0.2, 0) is 0 Å². The lowest BCUT2D eigenvalue weighted by molar-refractivity contribution is 0.389. The molecule has 0 bridgehead atoms. The number of thioether (sulfide) groups is 1. The third-order valence-electron chi connectivity index (χ3n) is 3.04. The van der Waals surface area contributed by atoms with E-state index in [0.717, 1.165) is 25.7 Å². The van der Waals surface area contributed by atoms with E-state index in [-0.39, 0.29) is 0 Å². The molecular weight excluding hydrogens is 192 g/mol. The summed E-state index contributed by atoms with van der Waals surface area (Å²) in [6.07, 6.45) is 5.53. The number of nitrogens with two attached hydrogens (primary N) is 1. The van der Waals surface area contributed by atoms with Gasteiger partial charge in [-0.1, -0.05) is 13.3 Å². The zero-order valence-electron chi connectivity index (χ0n) is 8.96. The molecule has 0 aromatic carbocycles. The van der Waals surface area contributed by atoms with Gasteiger partial charge in [-0.2, -0.15) is 17.0 Å². The largest absolute Gasteiger partial charge is 0.313 e. The molecule has 3 heteroatoms. The summed E-state index contributed by atoms with van der Waals surface area (Å²) in [7, 11) is 0. The first-order valence-electron chi connectivity index (χ1n) is 5.51. The molecule has 0 aromatic rings. The van der Waals surface area contributed by atoms with Crippen LogP contribution in [0, 0.1) is 17.2 Å². The molecule has 1 aliphatic carbocycles. The summed E-state index contributed by atoms with van der Waals surface area (Å²) in [5.41, 5.74) is 5.54. The van der Waals surface area contributed by atoms with Gasteiger partial charge in [-0.05, 0) is 43.1 Å². The minimum absolute atomic E-state index is 0.442. The Morgan fingerprint density at radius 2 is 2.36 bits per heavy atom. The van der Waals surface area contributed by atoms with E-state index in [4.69, 9.17) is 11.0 Å². The molecule has 2 N–H and O–H groups in total. The number of nitriles is 1. The molecule has 14 heavy (non-hydrogen) atoms. The van der Waals surface area contributed by atoms with Crippen molar-refractivity contribution in [3.05, 3.63) is 0 Å². The molecular formula is C11H20N2S. The molecule has 0 saturated heterocycles. The van der Waals surface area contributed by atoms with Crippen LogP contribution in [0.4, 0.5) is 0 Å². The molecule has 0 radical (unpaired) electrons. The van der Waals surface area contributed by atoms with Gasteiger partial charge < -0.3 is 5.73 Å². The van der Waals surface area contributed by atoms with Crippen LogP contribution in [0.15, 0.2) is 0 Å². The summed E-state index contributed by atoms with van der Waals surface area (Å²) < 4.78 is 0. The Balaban J connectivity index is 2.27. The standard InChI is InChI=1S/C11H20N2S/c1-2-7-14-8-5-10-4-3-6-11(10,13)9-12/h10H,2-8,13H2,1H3. The van der Waals surface area contributed by atoms with Gasteiger partial charge in [0, 0.05) is 0 Å². The van der Waals surface area contributed by atoms with Crippen LogP contribution in [0.2, 0.25) is 0 Å². The molecule has 1 saturated carbocycles. The van der Waals surface area contributed by atoms with Crippen molar-refractivity contribution in [3.63, 3.8) is 0 Å². The fourth-order valence-corrected chi connectivity index (χ4v) is 3.07. The Bertz CT molecular complexity index is 212. The van der Waals surface area contributed by atoms with Gasteiger partial charge in [0.2, 0.25) is 0 Å². The molecule has 1 rings (SSSR count). The molecule has 0 aromatic heterocycles. The van der Waals surface area contributed by atoms with Crippen molar-refractivity contribution in [1.29, 1.82) is 5.26 Å². The predicted molar refractivity (Wildman–Crippen MR) is 62.1 cm³/mol. The van der Waals surface area contributed by atoms with Crippen molar-refractivity contribution in [2.45, 2.75) is 44.6 Å². The molecule has 2 unspecified atom stereocenters. The monoisotopic (exact) mass is 212 g/mol. The van der Waals surface area contributed by atoms with Crippen LogP contribution in [0.3, 0.4) is 0 Å². The fourth-order valence-electron chi connectivity index (χ4n) is 2.12. The van der Waals surface area contributed by atoms with Crippen LogP contribution in [-0.4, -0.2) is 17.0 Å². The minimum atomic E-state index is -0.507. The zero-order chi connectivity index (χ0) is 10.4. The number of hydrogen-bond acceptors (Lipinski definition) is 3. The summed E-state index contributed by atoms with van der Waals surface area (Å²) in [4.78, 5) is 0. The molecule has 80 valence electrons. The molecule has 1 fully saturated rings. The normalized spacial score (nSPS) is 31.6. The molecule has 2 atom stereocenters. The lowest BCUT2D eigenvalue weighted by Crippen LogP contribution is -2.41. The van der Waals surface area contributed by atoms with Gasteiger partial charge in [0.05, 0.1) is 6.07 Å². The van der Waals surface area contributed by atoms with Crippen molar-refractivity contribution < 1.29 is 0 Å². The van der Waals surface area contributed by atoms with Crippen LogP contribution >= 0.6 is 11.8 Å². The average Bonchev–Trinajstić information content (AvgIpc) is 2.56. The van der Waals surface area contributed by atoms with Gasteiger partial charge >= 0.3 is 0 Å². The summed E-state index contributed by atoms with van der Waals surface area (Å²) in [5.74, 6) is 2.84. The smallest absolute Gasteiger partial charge is 0.107 e. The van der Waals surface area contributed by atoms with Gasteiger partial charge in [0.15, 0.2) is 0 Å². The van der Waals surface area contributed by atoms with E-state index in [2.05, 4.69) is 13.0 Å². The maximum Gasteiger partial charge on any atom is 0.107 e. The van der Waals surface area contributed by atoms with E-state index in [1.165, 1.54) is 17.9 Å². The first-order valence-corrected chi connectivity index (χ1v) is 6.66. The van der Waals surface area contributed by atoms with E-state index in [9.17, 15) is 0 Å². The Morgan fingerprint density at radius 3 is 3.00 bits per heavy atom. The van der Waals surface area contributed by atoms with Crippen molar-refractivity contribution >= 4 is 11.8 Å². The Labute approximate surface area is 91.2 Å². The molecule has 2 nitrogen and oxygen atoms in total. The van der Waals surface area contributed by atoms with Crippen LogP contribution in [0.1, 0.15) is 39.0 Å². The lowest BCUT2D eigenvalue weighted by atomic mass is 9.88. The summed E-state index contributed by atoms with van der Waals surface area (Å²) in [5, 5.41) is 9.02. The minimum Gasteiger partial charge on any atom is -0.313 e. The van der Waals surface area contributed by atoms with Crippen molar-refractivity contribution in [2.75, 3.05) is 11.5 Å². The Hall–Kier alpha value is -0.200. The predicted octanol–water partition coefficient (Wildman–Crippen LogP) is 2.54. The molecule has 0 spiro atoms. The zero-order valence-corrected chi connectivity index (χ0v) is 9.78. The van der Waals surface area contributed by atoms with Crippen LogP contribution in [0.5, 0.6) is 0 Å². The summed E-state index contributed by atoms with van der Waals surface area (Å²) >= 11 is 1.99. The first-order chi connectivity index (χ1) is 6.73. The third kappa shape index (κ3) is 2.90. The number of nitrogens with zero attached hydrogens (tertiary/aromatic N) is 1. The van der Waals surface area contributed by atoms with Gasteiger partial charge in [0.25, 0.3) is 0 Å². The quantitative estimate of drug-likeness (QED) is 0.712. The fraction of sp³-hybridized carbons (Fsp3) is 0.909. The maximum atomic E-state index is 9.02. The number of rotatable bonds is 5. The van der Waals surface area contributed by atoms with Gasteiger partial charge in [0.1, 0.15) is 5.54 Å². The van der Waals surface area contributed by atoms with E-state index >= 15 is 0 Å². The van der Waals surface area contributed by atoms with E-state index in [1.807, 2.05) is 11.8 Å². The van der Waals surface area contributed by atoms with Crippen LogP contribution in [0.25, 0.3) is 0 Å². The van der Waals surface area contributed by atoms with Gasteiger partial charge in [-0.3, -0.25) is 0 Å². The number of hydrogen-bond donors (Lipinski definition) is 1. The Morgan fingerprint density at radius 1 is 1.57 bits per heavy atom. The highest BCUT2D eigenvalue weighted by Crippen LogP contribution is 2.36. The topological polar surface area (TPSA) is 49.8 Å². The molecule has 0 heterocycles. The van der Waals surface area contributed by atoms with Gasteiger partial charge in [-0.25, -0.2) is 0 Å². The van der Waals surface area contributed by atoms with Crippen molar-refractivity contribution in [1.82, 2.24) is 0 Å². The molecule has 1 aliphatic rings. The van der Waals surface area contributed by atoms with Crippen molar-refractivity contribution in [3.8, 4) is 6.07 Å². The molecule has 0 aliphatic heterocycles. The van der Waals surface area contributed by atoms with Crippen LogP contribution < -0.4 is 5.73 Å². The highest BCUT2D eigenvalue weighted by Gasteiger charge is 2.38. The lowest BCUT2D eigenvalue weighted by Gasteiger charge is -2.23. The summed E-state index contributed by atoms with van der Waals surface area (Å²) in [6.45, 7) is 2.20. The van der Waals surface area contributed by atoms with Crippen molar-refractivity contribution in [2.24, 2.45) is 11.7 Å². The third-order valence-corrected chi connectivity index (χ3v) is 4.26. The SMILES string of the molecule is CCCSCCC1CCCC1(N)C#N. The second-order valence-corrected chi connectivity index (χ2v) is 5.37. The second-order valence-electron chi connectivity index (χ2n) is 4.14. The maximum absolute atomic E-state index is 9.02.